The SMILES string of the molecule is C[13CH2]/C=C/[13C](C)=C/[13C@@H](C)C[13C@@H](O)[C@@H]1/[13CH]=C/[13CH2]C[13C@H](C)C(=O)C[13CH2][C@H](C)C(=O)O1. The maximum atomic E-state index is 12.4. The van der Waals surface area contributed by atoms with Crippen LogP contribution in [-0.4, -0.2) is 29.1 Å². The zero-order chi connectivity index (χ0) is 21.1. The minimum absolute atomic E-state index is 0.0000180. The summed E-state index contributed by atoms with van der Waals surface area (Å²) in [6.45, 7) is 9.94. The first-order valence-electron chi connectivity index (χ1n) is 10.7. The zero-order valence-corrected chi connectivity index (χ0v) is 18.2. The van der Waals surface area contributed by atoms with Crippen molar-refractivity contribution in [1.29, 1.82) is 0 Å². The molecule has 0 fully saturated rings. The fourth-order valence-electron chi connectivity index (χ4n) is 3.35. The Kier molecular flexibility index (Phi) is 11.1. The van der Waals surface area contributed by atoms with Gasteiger partial charge in [-0.05, 0) is 51.0 Å². The molecule has 1 aliphatic rings. The molecular formula is C24H38O4. The van der Waals surface area contributed by atoms with E-state index in [9.17, 15) is 14.7 Å². The highest BCUT2D eigenvalue weighted by Crippen LogP contribution is 2.21. The zero-order valence-electron chi connectivity index (χ0n) is 18.2. The van der Waals surface area contributed by atoms with Crippen LogP contribution in [0.2, 0.25) is 0 Å². The number of Topliss-reactive ketones (excluding diaryl/α,β-unsaturated/α-hetero) is 1. The minimum atomic E-state index is -0.761. The van der Waals surface area contributed by atoms with Crippen LogP contribution in [0.25, 0.3) is 0 Å². The molecule has 0 spiro atoms. The fraction of sp³-hybridized carbons (Fsp3) is 0.667. The lowest BCUT2D eigenvalue weighted by Gasteiger charge is -2.24. The van der Waals surface area contributed by atoms with Gasteiger partial charge in [0.2, 0.25) is 0 Å². The molecule has 0 unspecified atom stereocenters. The van der Waals surface area contributed by atoms with Gasteiger partial charge in [0.25, 0.3) is 0 Å². The fourth-order valence-corrected chi connectivity index (χ4v) is 3.35. The summed E-state index contributed by atoms with van der Waals surface area (Å²) in [5, 5.41) is 10.7. The van der Waals surface area contributed by atoms with Crippen LogP contribution in [0, 0.1) is 17.8 Å². The van der Waals surface area contributed by atoms with Gasteiger partial charge in [0.15, 0.2) is 0 Å². The molecule has 0 saturated heterocycles. The number of allylic oxidation sites excluding steroid dienone is 5. The minimum Gasteiger partial charge on any atom is -0.455 e. The molecule has 0 radical (unpaired) electrons. The summed E-state index contributed by atoms with van der Waals surface area (Å²) >= 11 is 0. The number of ketones is 1. The quantitative estimate of drug-likeness (QED) is 0.290. The average Bonchev–Trinajstić information content (AvgIpc) is 2.64. The van der Waals surface area contributed by atoms with E-state index in [1.165, 1.54) is 5.57 Å². The van der Waals surface area contributed by atoms with Gasteiger partial charge < -0.3 is 9.84 Å². The van der Waals surface area contributed by atoms with Crippen molar-refractivity contribution in [3.8, 4) is 0 Å². The maximum Gasteiger partial charge on any atom is 0.309 e. The van der Waals surface area contributed by atoms with Crippen LogP contribution < -0.4 is 0 Å². The Balaban J connectivity index is 2.83. The molecule has 0 aliphatic carbocycles. The molecule has 28 heavy (non-hydrogen) atoms. The Morgan fingerprint density at radius 1 is 1.29 bits per heavy atom. The molecule has 4 nitrogen and oxygen atoms in total. The monoisotopic (exact) mass is 398 g/mol. The van der Waals surface area contributed by atoms with Gasteiger partial charge >= 0.3 is 5.97 Å². The van der Waals surface area contributed by atoms with Crippen molar-refractivity contribution in [3.63, 3.8) is 0 Å². The molecule has 1 heterocycles. The first kappa shape index (κ1) is 24.4. The Morgan fingerprint density at radius 2 is 2.00 bits per heavy atom. The summed E-state index contributed by atoms with van der Waals surface area (Å²) < 4.78 is 5.61. The lowest BCUT2D eigenvalue weighted by atomic mass is 10.2. The molecule has 1 rings (SSSR count). The first-order chi connectivity index (χ1) is 13.2. The molecule has 4 heteroatoms. The number of cyclic esters (lactones) is 1. The number of esters is 1. The number of carbonyl (C=O) groups excluding carboxylic acids is 2. The third-order valence-corrected chi connectivity index (χ3v) is 5.28. The van der Waals surface area contributed by atoms with Crippen molar-refractivity contribution in [2.75, 3.05) is 0 Å². The Morgan fingerprint density at radius 3 is 2.68 bits per heavy atom. The molecule has 158 valence electrons. The van der Waals surface area contributed by atoms with Crippen LogP contribution >= 0.6 is 0 Å². The number of carbonyl (C=O) groups is 2. The molecule has 1 N–H and O–H groups in total. The molecule has 0 aromatic carbocycles. The predicted molar refractivity (Wildman–Crippen MR) is 114 cm³/mol. The predicted octanol–water partition coefficient (Wildman–Crippen LogP) is 5.17. The van der Waals surface area contributed by atoms with Gasteiger partial charge in [-0.25, -0.2) is 0 Å². The van der Waals surface area contributed by atoms with Gasteiger partial charge in [0.1, 0.15) is 11.9 Å². The topological polar surface area (TPSA) is 63.6 Å². The molecule has 1 aliphatic heterocycles. The van der Waals surface area contributed by atoms with E-state index in [0.29, 0.717) is 19.3 Å². The second kappa shape index (κ2) is 12.7. The third kappa shape index (κ3) is 9.01. The first-order valence-corrected chi connectivity index (χ1v) is 10.7. The van der Waals surface area contributed by atoms with E-state index in [-0.39, 0.29) is 29.5 Å². The van der Waals surface area contributed by atoms with Crippen molar-refractivity contribution >= 4 is 11.8 Å². The van der Waals surface area contributed by atoms with E-state index in [1.54, 1.807) is 13.0 Å². The molecule has 0 aromatic heterocycles. The largest absolute Gasteiger partial charge is 0.455 e. The molecular weight excluding hydrogens is 360 g/mol. The number of hydrogen-bond donors (Lipinski definition) is 1. The van der Waals surface area contributed by atoms with E-state index >= 15 is 0 Å². The molecule has 0 bridgehead atoms. The van der Waals surface area contributed by atoms with Crippen LogP contribution in [-0.2, 0) is 14.3 Å². The summed E-state index contributed by atoms with van der Waals surface area (Å²) in [4.78, 5) is 24.5. The van der Waals surface area contributed by atoms with Gasteiger partial charge in [0, 0.05) is 12.3 Å². The van der Waals surface area contributed by atoms with Crippen LogP contribution in [0.3, 0.4) is 0 Å². The summed E-state index contributed by atoms with van der Waals surface area (Å²) in [5.74, 6) is -0.323. The Bertz CT molecular complexity index is 587. The van der Waals surface area contributed by atoms with Crippen molar-refractivity contribution < 1.29 is 19.4 Å². The van der Waals surface area contributed by atoms with Gasteiger partial charge in [0.05, 0.1) is 12.0 Å². The van der Waals surface area contributed by atoms with Crippen molar-refractivity contribution in [1.82, 2.24) is 0 Å². The lowest BCUT2D eigenvalue weighted by Crippen LogP contribution is -2.33. The summed E-state index contributed by atoms with van der Waals surface area (Å²) in [5.41, 5.74) is 1.17. The highest BCUT2D eigenvalue weighted by Gasteiger charge is 2.26. The van der Waals surface area contributed by atoms with Crippen molar-refractivity contribution in [2.45, 2.75) is 85.4 Å². The molecule has 5 atom stereocenters. The van der Waals surface area contributed by atoms with E-state index in [4.69, 9.17) is 4.74 Å². The summed E-state index contributed by atoms with van der Waals surface area (Å²) in [6.07, 6.45) is 12.6. The normalized spacial score (nSPS) is 28.9. The van der Waals surface area contributed by atoms with E-state index in [1.807, 2.05) is 13.0 Å². The van der Waals surface area contributed by atoms with E-state index in [0.717, 1.165) is 19.3 Å². The van der Waals surface area contributed by atoms with Gasteiger partial charge in [-0.1, -0.05) is 57.6 Å². The van der Waals surface area contributed by atoms with E-state index < -0.39 is 12.2 Å². The number of hydrogen-bond acceptors (Lipinski definition) is 4. The standard InChI is InChI=1S/C24H38O4/c1-6-7-10-17(2)15-18(3)16-22(26)23-12-9-8-11-19(4)21(25)14-13-20(5)24(27)28-23/h7,9-10,12,15,18-20,22-23,26H,6,8,11,13-14,16H2,1-5H3/b10-7+,12-9+,17-15+/t18-,19+,20+,22-,23+/m1/s1/i6+1,8+1,12+1,13+1,17+1,18+1,19+1,22+1. The Labute approximate surface area is 170 Å². The number of rotatable bonds is 6. The summed E-state index contributed by atoms with van der Waals surface area (Å²) in [6, 6.07) is 0. The maximum absolute atomic E-state index is 12.4. The third-order valence-electron chi connectivity index (χ3n) is 5.28. The Hall–Kier alpha value is -1.68. The number of aliphatic hydroxyl groups excluding tert-OH is 1. The second-order valence-electron chi connectivity index (χ2n) is 8.22. The highest BCUT2D eigenvalue weighted by molar-refractivity contribution is 5.81. The lowest BCUT2D eigenvalue weighted by molar-refractivity contribution is -0.156. The van der Waals surface area contributed by atoms with Crippen LogP contribution in [0.15, 0.2) is 36.0 Å². The van der Waals surface area contributed by atoms with Gasteiger partial charge in [-0.15, -0.1) is 0 Å². The van der Waals surface area contributed by atoms with Crippen LogP contribution in [0.5, 0.6) is 0 Å². The second-order valence-corrected chi connectivity index (χ2v) is 8.22. The van der Waals surface area contributed by atoms with Gasteiger partial charge in [-0.3, -0.25) is 9.59 Å². The van der Waals surface area contributed by atoms with Crippen LogP contribution in [0.1, 0.15) is 73.1 Å². The smallest absolute Gasteiger partial charge is 0.309 e. The van der Waals surface area contributed by atoms with Crippen LogP contribution in [0.4, 0.5) is 0 Å². The number of aliphatic hydroxyl groups is 1. The van der Waals surface area contributed by atoms with Crippen molar-refractivity contribution in [3.05, 3.63) is 36.0 Å². The molecule has 0 amide bonds. The summed E-state index contributed by atoms with van der Waals surface area (Å²) in [7, 11) is 0. The number of ether oxygens (including phenoxy) is 1. The highest BCUT2D eigenvalue weighted by atomic mass is 16.6. The van der Waals surface area contributed by atoms with E-state index in [2.05, 4.69) is 39.0 Å². The van der Waals surface area contributed by atoms with Gasteiger partial charge in [-0.2, -0.15) is 0 Å². The molecule has 0 saturated carbocycles. The average molecular weight is 399 g/mol. The molecule has 0 aromatic rings. The van der Waals surface area contributed by atoms with Crippen molar-refractivity contribution in [2.24, 2.45) is 17.8 Å².